The van der Waals surface area contributed by atoms with Crippen LogP contribution in [0.1, 0.15) is 38.3 Å². The molecule has 0 N–H and O–H groups in total. The molecule has 0 aliphatic carbocycles. The van der Waals surface area contributed by atoms with Gasteiger partial charge in [0.15, 0.2) is 6.04 Å². The Hall–Kier alpha value is -2.70. The van der Waals surface area contributed by atoms with Crippen molar-refractivity contribution in [3.05, 3.63) is 42.1 Å². The third-order valence-electron chi connectivity index (χ3n) is 3.59. The monoisotopic (exact) mass is 345 g/mol. The Morgan fingerprint density at radius 1 is 1.28 bits per heavy atom. The van der Waals surface area contributed by atoms with Crippen LogP contribution in [-0.4, -0.2) is 33.9 Å². The first kappa shape index (κ1) is 18.6. The highest BCUT2D eigenvalue weighted by atomic mass is 16.5. The van der Waals surface area contributed by atoms with Gasteiger partial charge in [-0.15, -0.1) is 0 Å². The first-order valence-electron chi connectivity index (χ1n) is 8.30. The quantitative estimate of drug-likeness (QED) is 0.374. The molecule has 0 aliphatic rings. The van der Waals surface area contributed by atoms with Crippen LogP contribution in [0.15, 0.2) is 36.5 Å². The van der Waals surface area contributed by atoms with Gasteiger partial charge in [0.1, 0.15) is 12.9 Å². The van der Waals surface area contributed by atoms with Gasteiger partial charge in [-0.2, -0.15) is 0 Å². The van der Waals surface area contributed by atoms with Gasteiger partial charge in [-0.1, -0.05) is 54.5 Å². The zero-order valence-corrected chi connectivity index (χ0v) is 14.5. The van der Waals surface area contributed by atoms with Gasteiger partial charge in [0.2, 0.25) is 0 Å². The van der Waals surface area contributed by atoms with E-state index in [2.05, 4.69) is 10.3 Å². The lowest BCUT2D eigenvalue weighted by Crippen LogP contribution is -2.27. The summed E-state index contributed by atoms with van der Waals surface area (Å²) in [4.78, 5) is 22.8. The SMILES string of the molecule is CC(C)[C@@H](C(=O)OCc1ccccc1)n1cc(OCCCC=O)nn1. The van der Waals surface area contributed by atoms with E-state index in [1.807, 2.05) is 44.2 Å². The maximum atomic E-state index is 12.5. The predicted molar refractivity (Wildman–Crippen MR) is 90.9 cm³/mol. The second kappa shape index (κ2) is 9.56. The molecule has 2 aromatic rings. The Balaban J connectivity index is 1.96. The van der Waals surface area contributed by atoms with Crippen molar-refractivity contribution in [2.75, 3.05) is 6.61 Å². The van der Waals surface area contributed by atoms with Crippen LogP contribution in [0.2, 0.25) is 0 Å². The van der Waals surface area contributed by atoms with E-state index >= 15 is 0 Å². The average Bonchev–Trinajstić information content (AvgIpc) is 3.06. The van der Waals surface area contributed by atoms with Crippen LogP contribution < -0.4 is 4.74 Å². The fraction of sp³-hybridized carbons (Fsp3) is 0.444. The van der Waals surface area contributed by atoms with E-state index < -0.39 is 6.04 Å². The van der Waals surface area contributed by atoms with Gasteiger partial charge in [-0.25, -0.2) is 9.48 Å². The minimum absolute atomic E-state index is 0.0205. The predicted octanol–water partition coefficient (Wildman–Crippen LogP) is 2.58. The second-order valence-corrected chi connectivity index (χ2v) is 5.98. The molecule has 0 unspecified atom stereocenters. The normalized spacial score (nSPS) is 12.0. The van der Waals surface area contributed by atoms with Crippen LogP contribution in [0.3, 0.4) is 0 Å². The van der Waals surface area contributed by atoms with E-state index in [4.69, 9.17) is 9.47 Å². The van der Waals surface area contributed by atoms with Crippen LogP contribution in [0.4, 0.5) is 0 Å². The van der Waals surface area contributed by atoms with E-state index in [-0.39, 0.29) is 18.5 Å². The number of nitrogens with zero attached hydrogens (tertiary/aromatic N) is 3. The zero-order chi connectivity index (χ0) is 18.1. The molecule has 1 aromatic carbocycles. The summed E-state index contributed by atoms with van der Waals surface area (Å²) < 4.78 is 12.3. The molecule has 1 heterocycles. The van der Waals surface area contributed by atoms with Gasteiger partial charge in [-0.05, 0) is 17.9 Å². The molecule has 7 nitrogen and oxygen atoms in total. The lowest BCUT2D eigenvalue weighted by Gasteiger charge is -2.19. The lowest BCUT2D eigenvalue weighted by atomic mass is 10.1. The smallest absolute Gasteiger partial charge is 0.331 e. The maximum Gasteiger partial charge on any atom is 0.331 e. The lowest BCUT2D eigenvalue weighted by molar-refractivity contribution is -0.151. The Labute approximate surface area is 146 Å². The van der Waals surface area contributed by atoms with Gasteiger partial charge in [0.05, 0.1) is 12.8 Å². The fourth-order valence-electron chi connectivity index (χ4n) is 2.31. The Morgan fingerprint density at radius 3 is 2.72 bits per heavy atom. The molecule has 1 atom stereocenters. The van der Waals surface area contributed by atoms with Gasteiger partial charge in [0.25, 0.3) is 5.88 Å². The van der Waals surface area contributed by atoms with Crippen molar-refractivity contribution in [2.24, 2.45) is 5.92 Å². The van der Waals surface area contributed by atoms with Crippen LogP contribution in [-0.2, 0) is 20.9 Å². The maximum absolute atomic E-state index is 12.5. The largest absolute Gasteiger partial charge is 0.475 e. The molecule has 0 amide bonds. The minimum atomic E-state index is -0.580. The van der Waals surface area contributed by atoms with Crippen LogP contribution in [0.5, 0.6) is 5.88 Å². The van der Waals surface area contributed by atoms with Crippen molar-refractivity contribution in [2.45, 2.75) is 39.3 Å². The number of carbonyl (C=O) groups is 2. The third-order valence-corrected chi connectivity index (χ3v) is 3.59. The topological polar surface area (TPSA) is 83.3 Å². The van der Waals surface area contributed by atoms with Gasteiger partial charge in [-0.3, -0.25) is 0 Å². The minimum Gasteiger partial charge on any atom is -0.475 e. The van der Waals surface area contributed by atoms with Crippen LogP contribution >= 0.6 is 0 Å². The van der Waals surface area contributed by atoms with Crippen molar-refractivity contribution in [3.8, 4) is 5.88 Å². The number of hydrogen-bond donors (Lipinski definition) is 0. The summed E-state index contributed by atoms with van der Waals surface area (Å²) in [5.41, 5.74) is 0.927. The van der Waals surface area contributed by atoms with E-state index in [1.54, 1.807) is 6.20 Å². The molecule has 0 bridgehead atoms. The van der Waals surface area contributed by atoms with E-state index in [1.165, 1.54) is 4.68 Å². The van der Waals surface area contributed by atoms with Crippen molar-refractivity contribution in [1.82, 2.24) is 15.0 Å². The molecule has 134 valence electrons. The zero-order valence-electron chi connectivity index (χ0n) is 14.5. The van der Waals surface area contributed by atoms with Gasteiger partial charge >= 0.3 is 5.97 Å². The van der Waals surface area contributed by atoms with E-state index in [9.17, 15) is 9.59 Å². The summed E-state index contributed by atoms with van der Waals surface area (Å²) in [5.74, 6) is -0.0587. The molecule has 0 aliphatic heterocycles. The van der Waals surface area contributed by atoms with Crippen molar-refractivity contribution < 1.29 is 19.1 Å². The summed E-state index contributed by atoms with van der Waals surface area (Å²) in [6, 6.07) is 8.93. The fourth-order valence-corrected chi connectivity index (χ4v) is 2.31. The molecule has 0 saturated heterocycles. The van der Waals surface area contributed by atoms with Crippen molar-refractivity contribution in [1.29, 1.82) is 0 Å². The number of carbonyl (C=O) groups excluding carboxylic acids is 2. The molecule has 0 saturated carbocycles. The van der Waals surface area contributed by atoms with Gasteiger partial charge < -0.3 is 14.3 Å². The number of hydrogen-bond acceptors (Lipinski definition) is 6. The Bertz CT molecular complexity index is 670. The summed E-state index contributed by atoms with van der Waals surface area (Å²) in [6.07, 6.45) is 3.48. The highest BCUT2D eigenvalue weighted by Crippen LogP contribution is 2.21. The number of esters is 1. The van der Waals surface area contributed by atoms with E-state index in [0.29, 0.717) is 25.3 Å². The van der Waals surface area contributed by atoms with Crippen LogP contribution in [0, 0.1) is 5.92 Å². The van der Waals surface area contributed by atoms with E-state index in [0.717, 1.165) is 11.8 Å². The molecule has 0 radical (unpaired) electrons. The first-order chi connectivity index (χ1) is 12.1. The summed E-state index contributed by atoms with van der Waals surface area (Å²) in [6.45, 7) is 4.43. The molecular formula is C18H23N3O4. The standard InChI is InChI=1S/C18H23N3O4/c1-14(2)17(18(23)25-13-15-8-4-3-5-9-15)21-12-16(19-20-21)24-11-7-6-10-22/h3-5,8-10,12,14,17H,6-7,11,13H2,1-2H3/t17-/m0/s1. The number of aldehydes is 1. The Kier molecular flexibility index (Phi) is 7.13. The number of unbranched alkanes of at least 4 members (excludes halogenated alkanes) is 1. The van der Waals surface area contributed by atoms with Crippen LogP contribution in [0.25, 0.3) is 0 Å². The third kappa shape index (κ3) is 5.70. The summed E-state index contributed by atoms with van der Waals surface area (Å²) in [5, 5.41) is 7.90. The van der Waals surface area contributed by atoms with Gasteiger partial charge in [0, 0.05) is 6.42 Å². The first-order valence-corrected chi connectivity index (χ1v) is 8.30. The number of ether oxygens (including phenoxy) is 2. The molecule has 0 fully saturated rings. The molecular weight excluding hydrogens is 322 g/mol. The Morgan fingerprint density at radius 2 is 2.04 bits per heavy atom. The second-order valence-electron chi connectivity index (χ2n) is 5.98. The summed E-state index contributed by atoms with van der Waals surface area (Å²) >= 11 is 0. The summed E-state index contributed by atoms with van der Waals surface area (Å²) in [7, 11) is 0. The average molecular weight is 345 g/mol. The molecule has 0 spiro atoms. The number of aromatic nitrogens is 3. The molecule has 2 rings (SSSR count). The molecule has 7 heteroatoms. The molecule has 1 aromatic heterocycles. The molecule has 25 heavy (non-hydrogen) atoms. The van der Waals surface area contributed by atoms with Crippen molar-refractivity contribution >= 4 is 12.3 Å². The number of benzene rings is 1. The van der Waals surface area contributed by atoms with Crippen molar-refractivity contribution in [3.63, 3.8) is 0 Å². The number of rotatable bonds is 10. The highest BCUT2D eigenvalue weighted by Gasteiger charge is 2.27. The highest BCUT2D eigenvalue weighted by molar-refractivity contribution is 5.74.